The minimum atomic E-state index is 0.0514. The number of rotatable bonds is 5. The Labute approximate surface area is 170 Å². The summed E-state index contributed by atoms with van der Waals surface area (Å²) in [6.07, 6.45) is 2.71. The van der Waals surface area contributed by atoms with Gasteiger partial charge in [-0.15, -0.1) is 0 Å². The zero-order chi connectivity index (χ0) is 19.6. The molecule has 1 saturated carbocycles. The lowest BCUT2D eigenvalue weighted by molar-refractivity contribution is 0.0726. The highest BCUT2D eigenvalue weighted by Crippen LogP contribution is 2.45. The van der Waals surface area contributed by atoms with E-state index in [0.717, 1.165) is 22.9 Å². The zero-order valence-corrected chi connectivity index (χ0v) is 16.1. The molecule has 1 aliphatic rings. The van der Waals surface area contributed by atoms with Gasteiger partial charge in [-0.25, -0.2) is 0 Å². The Morgan fingerprint density at radius 3 is 2.38 bits per heavy atom. The lowest BCUT2D eigenvalue weighted by Crippen LogP contribution is -2.33. The molecule has 2 atom stereocenters. The van der Waals surface area contributed by atoms with Crippen LogP contribution < -0.4 is 0 Å². The van der Waals surface area contributed by atoms with Gasteiger partial charge in [0, 0.05) is 30.1 Å². The number of benzene rings is 3. The van der Waals surface area contributed by atoms with Crippen molar-refractivity contribution < 1.29 is 4.79 Å². The number of amides is 1. The largest absolute Gasteiger partial charge is 0.331 e. The summed E-state index contributed by atoms with van der Waals surface area (Å²) in [4.78, 5) is 20.1. The van der Waals surface area contributed by atoms with Gasteiger partial charge in [0.2, 0.25) is 0 Å². The minimum absolute atomic E-state index is 0.0514. The molecular formula is C26H22N2O. The highest BCUT2D eigenvalue weighted by molar-refractivity contribution is 5.97. The van der Waals surface area contributed by atoms with Crippen LogP contribution in [0.5, 0.6) is 0 Å². The molecule has 5 rings (SSSR count). The van der Waals surface area contributed by atoms with Crippen LogP contribution in [0.1, 0.15) is 33.8 Å². The molecule has 0 saturated heterocycles. The van der Waals surface area contributed by atoms with E-state index in [9.17, 15) is 4.79 Å². The second-order valence-electron chi connectivity index (χ2n) is 7.66. The SMILES string of the molecule is O=C(c1cnc2ccccc2c1)N(Cc1ccccc1)C1CC1c1ccccc1. The van der Waals surface area contributed by atoms with Gasteiger partial charge in [-0.3, -0.25) is 9.78 Å². The second kappa shape index (κ2) is 7.51. The molecule has 3 nitrogen and oxygen atoms in total. The van der Waals surface area contributed by atoms with Crippen molar-refractivity contribution in [3.63, 3.8) is 0 Å². The van der Waals surface area contributed by atoms with E-state index in [2.05, 4.69) is 41.4 Å². The Kier molecular flexibility index (Phi) is 4.57. The molecule has 1 heterocycles. The summed E-state index contributed by atoms with van der Waals surface area (Å²) < 4.78 is 0. The molecule has 0 radical (unpaired) electrons. The Bertz CT molecular complexity index is 1140. The number of aromatic nitrogens is 1. The Morgan fingerprint density at radius 2 is 1.59 bits per heavy atom. The summed E-state index contributed by atoms with van der Waals surface area (Å²) in [5, 5.41) is 0.994. The molecule has 142 valence electrons. The van der Waals surface area contributed by atoms with Crippen LogP contribution in [0.2, 0.25) is 0 Å². The van der Waals surface area contributed by atoms with Crippen LogP contribution in [0.3, 0.4) is 0 Å². The van der Waals surface area contributed by atoms with E-state index in [-0.39, 0.29) is 11.9 Å². The minimum Gasteiger partial charge on any atom is -0.331 e. The Morgan fingerprint density at radius 1 is 0.897 bits per heavy atom. The first-order valence-corrected chi connectivity index (χ1v) is 10.0. The fourth-order valence-electron chi connectivity index (χ4n) is 4.06. The average Bonchev–Trinajstić information content (AvgIpc) is 3.59. The summed E-state index contributed by atoms with van der Waals surface area (Å²) in [5.41, 5.74) is 4.01. The van der Waals surface area contributed by atoms with Crippen molar-refractivity contribution in [1.29, 1.82) is 0 Å². The van der Waals surface area contributed by atoms with Crippen molar-refractivity contribution in [2.75, 3.05) is 0 Å². The highest BCUT2D eigenvalue weighted by atomic mass is 16.2. The molecule has 0 N–H and O–H groups in total. The maximum atomic E-state index is 13.5. The summed E-state index contributed by atoms with van der Waals surface area (Å²) in [6.45, 7) is 0.612. The third-order valence-corrected chi connectivity index (χ3v) is 5.68. The van der Waals surface area contributed by atoms with Gasteiger partial charge in [0.15, 0.2) is 0 Å². The van der Waals surface area contributed by atoms with Crippen LogP contribution >= 0.6 is 0 Å². The van der Waals surface area contributed by atoms with E-state index in [1.165, 1.54) is 5.56 Å². The molecule has 1 fully saturated rings. The molecule has 1 aromatic heterocycles. The van der Waals surface area contributed by atoms with E-state index in [4.69, 9.17) is 0 Å². The van der Waals surface area contributed by atoms with E-state index < -0.39 is 0 Å². The van der Waals surface area contributed by atoms with Crippen molar-refractivity contribution in [3.05, 3.63) is 114 Å². The third kappa shape index (κ3) is 3.64. The summed E-state index contributed by atoms with van der Waals surface area (Å²) in [7, 11) is 0. The zero-order valence-electron chi connectivity index (χ0n) is 16.1. The van der Waals surface area contributed by atoms with Crippen molar-refractivity contribution in [1.82, 2.24) is 9.88 Å². The average molecular weight is 378 g/mol. The molecule has 29 heavy (non-hydrogen) atoms. The first-order chi connectivity index (χ1) is 14.3. The first kappa shape index (κ1) is 17.6. The smallest absolute Gasteiger partial charge is 0.256 e. The molecular weight excluding hydrogens is 356 g/mol. The van der Waals surface area contributed by atoms with Gasteiger partial charge in [-0.05, 0) is 29.7 Å². The molecule has 0 aliphatic heterocycles. The predicted molar refractivity (Wildman–Crippen MR) is 116 cm³/mol. The topological polar surface area (TPSA) is 33.2 Å². The Balaban J connectivity index is 1.46. The van der Waals surface area contributed by atoms with Gasteiger partial charge in [-0.2, -0.15) is 0 Å². The van der Waals surface area contributed by atoms with E-state index in [1.54, 1.807) is 6.20 Å². The van der Waals surface area contributed by atoms with Gasteiger partial charge >= 0.3 is 0 Å². The second-order valence-corrected chi connectivity index (χ2v) is 7.66. The Hall–Kier alpha value is -3.46. The molecule has 0 spiro atoms. The van der Waals surface area contributed by atoms with E-state index >= 15 is 0 Å². The standard InChI is InChI=1S/C26H22N2O/c29-26(22-15-21-13-7-8-14-24(21)27-17-22)28(18-19-9-3-1-4-10-19)25-16-23(25)20-11-5-2-6-12-20/h1-15,17,23,25H,16,18H2. The summed E-state index contributed by atoms with van der Waals surface area (Å²) in [6, 6.07) is 30.8. The molecule has 4 aromatic rings. The van der Waals surface area contributed by atoms with Crippen molar-refractivity contribution in [2.45, 2.75) is 24.9 Å². The maximum Gasteiger partial charge on any atom is 0.256 e. The fraction of sp³-hybridized carbons (Fsp3) is 0.154. The molecule has 1 aliphatic carbocycles. The maximum absolute atomic E-state index is 13.5. The highest BCUT2D eigenvalue weighted by Gasteiger charge is 2.44. The van der Waals surface area contributed by atoms with Gasteiger partial charge in [0.25, 0.3) is 5.91 Å². The first-order valence-electron chi connectivity index (χ1n) is 10.0. The number of pyridine rings is 1. The number of carbonyl (C=O) groups excluding carboxylic acids is 1. The van der Waals surface area contributed by atoms with E-state index in [1.807, 2.05) is 59.5 Å². The van der Waals surface area contributed by atoms with Crippen LogP contribution in [0, 0.1) is 0 Å². The lowest BCUT2D eigenvalue weighted by atomic mass is 10.1. The van der Waals surface area contributed by atoms with Crippen LogP contribution in [0.25, 0.3) is 10.9 Å². The number of fused-ring (bicyclic) bond motifs is 1. The van der Waals surface area contributed by atoms with Crippen LogP contribution in [-0.2, 0) is 6.54 Å². The summed E-state index contributed by atoms with van der Waals surface area (Å²) in [5.74, 6) is 0.452. The van der Waals surface area contributed by atoms with Crippen molar-refractivity contribution in [3.8, 4) is 0 Å². The number of carbonyl (C=O) groups is 1. The van der Waals surface area contributed by atoms with Crippen molar-refractivity contribution in [2.24, 2.45) is 0 Å². The third-order valence-electron chi connectivity index (χ3n) is 5.68. The predicted octanol–water partition coefficient (Wildman–Crippen LogP) is 5.43. The molecule has 2 unspecified atom stereocenters. The number of hydrogen-bond acceptors (Lipinski definition) is 2. The summed E-state index contributed by atoms with van der Waals surface area (Å²) >= 11 is 0. The van der Waals surface area contributed by atoms with Gasteiger partial charge in [0.05, 0.1) is 11.1 Å². The van der Waals surface area contributed by atoms with Crippen LogP contribution in [-0.4, -0.2) is 21.8 Å². The normalized spacial score (nSPS) is 17.8. The molecule has 3 heteroatoms. The van der Waals surface area contributed by atoms with Crippen molar-refractivity contribution >= 4 is 16.8 Å². The molecule has 0 bridgehead atoms. The van der Waals surface area contributed by atoms with Crippen LogP contribution in [0.4, 0.5) is 0 Å². The van der Waals surface area contributed by atoms with Gasteiger partial charge in [0.1, 0.15) is 0 Å². The fourth-order valence-corrected chi connectivity index (χ4v) is 4.06. The van der Waals surface area contributed by atoms with Gasteiger partial charge in [-0.1, -0.05) is 78.9 Å². The van der Waals surface area contributed by atoms with E-state index in [0.29, 0.717) is 18.0 Å². The van der Waals surface area contributed by atoms with Gasteiger partial charge < -0.3 is 4.90 Å². The number of nitrogens with zero attached hydrogens (tertiary/aromatic N) is 2. The van der Waals surface area contributed by atoms with Crippen LogP contribution in [0.15, 0.2) is 97.2 Å². The number of hydrogen-bond donors (Lipinski definition) is 0. The number of para-hydroxylation sites is 1. The quantitative estimate of drug-likeness (QED) is 0.464. The molecule has 3 aromatic carbocycles. The molecule has 1 amide bonds. The monoisotopic (exact) mass is 378 g/mol. The lowest BCUT2D eigenvalue weighted by Gasteiger charge is -2.24.